The average molecular weight is 580 g/mol. The first-order chi connectivity index (χ1) is 20.7. The smallest absolute Gasteiger partial charge is 0.412 e. The molecule has 43 heavy (non-hydrogen) atoms. The fourth-order valence-corrected chi connectivity index (χ4v) is 5.86. The second-order valence-electron chi connectivity index (χ2n) is 12.7. The van der Waals surface area contributed by atoms with E-state index in [0.717, 1.165) is 61.5 Å². The normalized spacial score (nSPS) is 15.9. The minimum atomic E-state index is -0.628. The lowest BCUT2D eigenvalue weighted by Gasteiger charge is -2.27. The van der Waals surface area contributed by atoms with E-state index in [4.69, 9.17) is 9.47 Å². The van der Waals surface area contributed by atoms with Crippen LogP contribution in [-0.4, -0.2) is 59.8 Å². The van der Waals surface area contributed by atoms with E-state index in [2.05, 4.69) is 26.9 Å². The van der Waals surface area contributed by atoms with Crippen LogP contribution in [0.5, 0.6) is 0 Å². The second-order valence-corrected chi connectivity index (χ2v) is 12.7. The largest absolute Gasteiger partial charge is 0.444 e. The number of morpholine rings is 1. The Hall–Kier alpha value is -3.94. The van der Waals surface area contributed by atoms with Gasteiger partial charge in [0.15, 0.2) is 5.78 Å². The van der Waals surface area contributed by atoms with Crippen molar-refractivity contribution < 1.29 is 19.1 Å². The molecule has 224 valence electrons. The van der Waals surface area contributed by atoms with Gasteiger partial charge in [-0.1, -0.05) is 36.4 Å². The van der Waals surface area contributed by atoms with Crippen molar-refractivity contribution in [2.24, 2.45) is 0 Å². The lowest BCUT2D eigenvalue weighted by Crippen LogP contribution is -2.38. The quantitative estimate of drug-likeness (QED) is 0.211. The van der Waals surface area contributed by atoms with Crippen molar-refractivity contribution in [1.29, 1.82) is 0 Å². The summed E-state index contributed by atoms with van der Waals surface area (Å²) >= 11 is 0. The molecule has 7 heteroatoms. The molecule has 0 unspecified atom stereocenters. The van der Waals surface area contributed by atoms with E-state index >= 15 is 0 Å². The monoisotopic (exact) mass is 579 g/mol. The molecule has 0 radical (unpaired) electrons. The molecule has 1 amide bonds. The summed E-state index contributed by atoms with van der Waals surface area (Å²) < 4.78 is 13.5. The molecule has 0 bridgehead atoms. The molecule has 1 aromatic heterocycles. The summed E-state index contributed by atoms with van der Waals surface area (Å²) in [4.78, 5) is 28.9. The number of hydrogen-bond donors (Lipinski definition) is 1. The highest BCUT2D eigenvalue weighted by molar-refractivity contribution is 6.02. The summed E-state index contributed by atoms with van der Waals surface area (Å²) in [5.74, 6) is 0.617. The number of carbonyl (C=O) groups is 2. The summed E-state index contributed by atoms with van der Waals surface area (Å²) in [7, 11) is 0. The van der Waals surface area contributed by atoms with Gasteiger partial charge in [-0.3, -0.25) is 15.0 Å². The van der Waals surface area contributed by atoms with Crippen LogP contribution in [-0.2, 0) is 22.4 Å². The summed E-state index contributed by atoms with van der Waals surface area (Å²) in [5.41, 5.74) is 5.98. The van der Waals surface area contributed by atoms with Crippen molar-refractivity contribution in [3.63, 3.8) is 0 Å². The molecule has 2 fully saturated rings. The summed E-state index contributed by atoms with van der Waals surface area (Å²) in [6.45, 7) is 11.0. The number of fused-ring (bicyclic) bond motifs is 1. The van der Waals surface area contributed by atoms with Gasteiger partial charge >= 0.3 is 6.09 Å². The number of amides is 1. The molecule has 1 N–H and O–H groups in total. The van der Waals surface area contributed by atoms with Crippen molar-refractivity contribution in [3.05, 3.63) is 89.6 Å². The predicted molar refractivity (Wildman–Crippen MR) is 171 cm³/mol. The van der Waals surface area contributed by atoms with Gasteiger partial charge in [-0.25, -0.2) is 4.79 Å². The van der Waals surface area contributed by atoms with Crippen LogP contribution in [0.2, 0.25) is 0 Å². The highest BCUT2D eigenvalue weighted by Gasteiger charge is 2.28. The van der Waals surface area contributed by atoms with E-state index in [-0.39, 0.29) is 12.2 Å². The fourth-order valence-electron chi connectivity index (χ4n) is 5.86. The number of rotatable bonds is 9. The first-order valence-electron chi connectivity index (χ1n) is 15.4. The van der Waals surface area contributed by atoms with Crippen LogP contribution in [0.3, 0.4) is 0 Å². The molecule has 4 aromatic rings. The van der Waals surface area contributed by atoms with Crippen molar-refractivity contribution in [2.75, 3.05) is 38.2 Å². The van der Waals surface area contributed by atoms with Crippen LogP contribution >= 0.6 is 0 Å². The van der Waals surface area contributed by atoms with E-state index in [1.165, 1.54) is 24.1 Å². The number of aromatic nitrogens is 1. The van der Waals surface area contributed by atoms with Crippen molar-refractivity contribution in [3.8, 4) is 11.1 Å². The third kappa shape index (κ3) is 7.17. The molecule has 2 aliphatic rings. The Labute approximate surface area is 253 Å². The van der Waals surface area contributed by atoms with E-state index in [9.17, 15) is 9.59 Å². The van der Waals surface area contributed by atoms with Gasteiger partial charge in [-0.15, -0.1) is 0 Å². The van der Waals surface area contributed by atoms with Gasteiger partial charge in [-0.05, 0) is 92.6 Å². The predicted octanol–water partition coefficient (Wildman–Crippen LogP) is 7.29. The van der Waals surface area contributed by atoms with Crippen molar-refractivity contribution in [2.45, 2.75) is 58.1 Å². The molecule has 1 saturated heterocycles. The molecule has 0 atom stereocenters. The Morgan fingerprint density at radius 3 is 2.40 bits per heavy atom. The van der Waals surface area contributed by atoms with Crippen LogP contribution in [0.1, 0.15) is 61.1 Å². The zero-order chi connectivity index (χ0) is 30.0. The Kier molecular flexibility index (Phi) is 8.37. The van der Waals surface area contributed by atoms with Crippen LogP contribution in [0.4, 0.5) is 10.5 Å². The Morgan fingerprint density at radius 1 is 0.907 bits per heavy atom. The number of ether oxygens (including phenoxy) is 2. The minimum Gasteiger partial charge on any atom is -0.444 e. The number of nitrogens with one attached hydrogen (secondary N) is 1. The van der Waals surface area contributed by atoms with Crippen LogP contribution < -0.4 is 5.32 Å². The SMILES string of the molecule is CC(C)(C)OC(=O)Nc1ccc(-c2ccccc2)cc1CC(=O)c1ccc2c(c1)cc(C1CC1)n2CCN1CCOCC1. The standard InChI is InChI=1S/C36H41N3O4/c1-36(2,3)43-35(41)37-31-13-11-27(25-7-5-4-6-8-25)21-29(31)24-34(40)28-12-14-32-30(22-28)23-33(26-9-10-26)39(32)16-15-38-17-19-42-20-18-38/h4-8,11-14,21-23,26H,9-10,15-20,24H2,1-3H3,(H,37,41). The van der Waals surface area contributed by atoms with Crippen LogP contribution in [0, 0.1) is 0 Å². The van der Waals surface area contributed by atoms with Crippen LogP contribution in [0.25, 0.3) is 22.0 Å². The first-order valence-corrected chi connectivity index (χ1v) is 15.4. The van der Waals surface area contributed by atoms with E-state index < -0.39 is 11.7 Å². The van der Waals surface area contributed by atoms with Gasteiger partial charge in [-0.2, -0.15) is 0 Å². The maximum absolute atomic E-state index is 13.8. The zero-order valence-electron chi connectivity index (χ0n) is 25.4. The second kappa shape index (κ2) is 12.3. The number of hydrogen-bond acceptors (Lipinski definition) is 5. The number of benzene rings is 3. The molecule has 2 heterocycles. The molecule has 1 aliphatic heterocycles. The lowest BCUT2D eigenvalue weighted by molar-refractivity contribution is 0.0364. The average Bonchev–Trinajstić information content (AvgIpc) is 3.77. The van der Waals surface area contributed by atoms with Crippen molar-refractivity contribution >= 4 is 28.5 Å². The van der Waals surface area contributed by atoms with Gasteiger partial charge in [0.2, 0.25) is 0 Å². The number of carbonyl (C=O) groups excluding carboxylic acids is 2. The Morgan fingerprint density at radius 2 is 1.67 bits per heavy atom. The summed E-state index contributed by atoms with van der Waals surface area (Å²) in [5, 5.41) is 3.99. The number of anilines is 1. The molecular formula is C36H41N3O4. The third-order valence-corrected chi connectivity index (χ3v) is 8.19. The molecule has 1 saturated carbocycles. The Balaban J connectivity index is 1.26. The highest BCUT2D eigenvalue weighted by atomic mass is 16.6. The maximum Gasteiger partial charge on any atom is 0.412 e. The van der Waals surface area contributed by atoms with Gasteiger partial charge in [0, 0.05) is 60.4 Å². The number of ketones is 1. The van der Waals surface area contributed by atoms with E-state index in [1.54, 1.807) is 0 Å². The Bertz CT molecular complexity index is 1610. The molecule has 6 rings (SSSR count). The molecular weight excluding hydrogens is 538 g/mol. The van der Waals surface area contributed by atoms with E-state index in [1.807, 2.05) is 81.4 Å². The van der Waals surface area contributed by atoms with Gasteiger partial charge in [0.25, 0.3) is 0 Å². The fraction of sp³-hybridized carbons (Fsp3) is 0.389. The number of nitrogens with zero attached hydrogens (tertiary/aromatic N) is 2. The molecule has 7 nitrogen and oxygen atoms in total. The number of Topliss-reactive ketones (excluding diaryl/α,β-unsaturated/α-hetero) is 1. The van der Waals surface area contributed by atoms with Crippen LogP contribution in [0.15, 0.2) is 72.8 Å². The highest BCUT2D eigenvalue weighted by Crippen LogP contribution is 2.42. The van der Waals surface area contributed by atoms with Gasteiger partial charge < -0.3 is 14.0 Å². The van der Waals surface area contributed by atoms with Gasteiger partial charge in [0.1, 0.15) is 5.60 Å². The molecule has 1 aliphatic carbocycles. The lowest BCUT2D eigenvalue weighted by atomic mass is 9.96. The molecule has 3 aromatic carbocycles. The topological polar surface area (TPSA) is 72.8 Å². The van der Waals surface area contributed by atoms with E-state index in [0.29, 0.717) is 17.2 Å². The summed E-state index contributed by atoms with van der Waals surface area (Å²) in [6, 6.07) is 24.2. The first kappa shape index (κ1) is 29.1. The molecule has 0 spiro atoms. The maximum atomic E-state index is 13.8. The van der Waals surface area contributed by atoms with Crippen molar-refractivity contribution in [1.82, 2.24) is 9.47 Å². The van der Waals surface area contributed by atoms with Gasteiger partial charge in [0.05, 0.1) is 13.2 Å². The third-order valence-electron chi connectivity index (χ3n) is 8.19. The summed E-state index contributed by atoms with van der Waals surface area (Å²) in [6.07, 6.45) is 2.07. The minimum absolute atomic E-state index is 0.00777. The zero-order valence-corrected chi connectivity index (χ0v) is 25.4.